The monoisotopic (exact) mass is 782 g/mol. The van der Waals surface area contributed by atoms with Crippen molar-refractivity contribution in [3.63, 3.8) is 0 Å². The van der Waals surface area contributed by atoms with Crippen molar-refractivity contribution in [2.75, 3.05) is 51.5 Å². The van der Waals surface area contributed by atoms with Crippen LogP contribution >= 0.6 is 11.6 Å². The van der Waals surface area contributed by atoms with Gasteiger partial charge in [-0.05, 0) is 53.8 Å². The van der Waals surface area contributed by atoms with Gasteiger partial charge in [-0.1, -0.05) is 60.1 Å². The van der Waals surface area contributed by atoms with Crippen molar-refractivity contribution >= 4 is 45.9 Å². The maximum absolute atomic E-state index is 13.1. The average molecular weight is 783 g/mol. The van der Waals surface area contributed by atoms with Gasteiger partial charge in [0, 0.05) is 61.0 Å². The van der Waals surface area contributed by atoms with Gasteiger partial charge >= 0.3 is 6.09 Å². The summed E-state index contributed by atoms with van der Waals surface area (Å²) in [5.74, 6) is 0.215. The Morgan fingerprint density at radius 1 is 0.964 bits per heavy atom. The van der Waals surface area contributed by atoms with E-state index in [4.69, 9.17) is 21.1 Å². The molecule has 0 unspecified atom stereocenters. The first-order valence-electron chi connectivity index (χ1n) is 18.8. The second-order valence-electron chi connectivity index (χ2n) is 14.8. The summed E-state index contributed by atoms with van der Waals surface area (Å²) in [7, 11) is 5.90. The van der Waals surface area contributed by atoms with Gasteiger partial charge in [0.25, 0.3) is 0 Å². The van der Waals surface area contributed by atoms with Crippen molar-refractivity contribution in [3.8, 4) is 22.6 Å². The highest BCUT2D eigenvalue weighted by Crippen LogP contribution is 2.33. The van der Waals surface area contributed by atoms with Gasteiger partial charge < -0.3 is 39.8 Å². The predicted octanol–water partition coefficient (Wildman–Crippen LogP) is 7.13. The Morgan fingerprint density at radius 2 is 1.73 bits per heavy atom. The van der Waals surface area contributed by atoms with E-state index in [2.05, 4.69) is 35.0 Å². The van der Waals surface area contributed by atoms with Crippen LogP contribution < -0.4 is 26.2 Å². The Labute approximate surface area is 331 Å². The second-order valence-corrected chi connectivity index (χ2v) is 15.2. The lowest BCUT2D eigenvalue weighted by atomic mass is 9.99. The Balaban J connectivity index is 1.03. The lowest BCUT2D eigenvalue weighted by molar-refractivity contribution is -0.896. The molecule has 4 aromatic carbocycles. The molecule has 294 valence electrons. The number of phenolic OH excluding ortho intramolecular Hbond substituents is 1. The largest absolute Gasteiger partial charge is 0.506 e. The summed E-state index contributed by atoms with van der Waals surface area (Å²) in [5.41, 5.74) is 5.07. The van der Waals surface area contributed by atoms with E-state index in [-0.39, 0.29) is 41.8 Å². The SMILES string of the molecule is COc1cc(NC(=O)CCCc2ccc(-c3ccccc3)c(NC(=O)OC3CC[N+](C)(C)CC3)c2)c(Cl)cc1CNC[C@@H](O)c1ccc(O)c2[nH]c(=O)ccc12. The third-order valence-electron chi connectivity index (χ3n) is 10.2. The Bertz CT molecular complexity index is 2230. The summed E-state index contributed by atoms with van der Waals surface area (Å²) in [5, 5.41) is 31.1. The number of likely N-dealkylation sites (tertiary alicyclic amines) is 1. The van der Waals surface area contributed by atoms with Crippen LogP contribution in [0.3, 0.4) is 0 Å². The number of fused-ring (bicyclic) bond motifs is 1. The fraction of sp³-hybridized carbons (Fsp3) is 0.326. The van der Waals surface area contributed by atoms with Gasteiger partial charge in [0.15, 0.2) is 0 Å². The standard InChI is InChI=1S/C43H48ClN5O7/c1-49(2)20-18-30(19-21-49)56-43(54)47-35-22-27(12-13-31(35)28-9-5-4-6-10-28)8-7-11-40(52)46-36-24-39(55-3)29(23-34(36)44)25-45-26-38(51)32-14-16-37(50)42-33(32)15-17-41(53)48-42/h4-6,9-10,12-17,22-24,30,38,45,51H,7-8,11,18-21,25-26H2,1-3H3,(H3-,46,47,48,50,52,53,54)/p+1/t38-/m1/s1. The molecule has 1 atom stereocenters. The van der Waals surface area contributed by atoms with Crippen LogP contribution in [-0.2, 0) is 22.5 Å². The first-order valence-corrected chi connectivity index (χ1v) is 19.1. The fourth-order valence-electron chi connectivity index (χ4n) is 7.06. The summed E-state index contributed by atoms with van der Waals surface area (Å²) >= 11 is 6.62. The van der Waals surface area contributed by atoms with Crippen molar-refractivity contribution in [3.05, 3.63) is 117 Å². The molecule has 1 saturated heterocycles. The normalized spacial score (nSPS) is 14.6. The van der Waals surface area contributed by atoms with Crippen LogP contribution in [0, 0.1) is 0 Å². The highest BCUT2D eigenvalue weighted by molar-refractivity contribution is 6.33. The molecule has 0 spiro atoms. The first-order chi connectivity index (χ1) is 26.9. The number of aliphatic hydroxyl groups is 1. The minimum atomic E-state index is -0.941. The molecule has 6 rings (SSSR count). The molecule has 56 heavy (non-hydrogen) atoms. The van der Waals surface area contributed by atoms with Crippen molar-refractivity contribution in [1.29, 1.82) is 0 Å². The van der Waals surface area contributed by atoms with E-state index in [0.29, 0.717) is 52.5 Å². The third-order valence-corrected chi connectivity index (χ3v) is 10.5. The number of amides is 2. The molecule has 0 radical (unpaired) electrons. The molecule has 6 N–H and O–H groups in total. The molecule has 2 heterocycles. The topological polar surface area (TPSA) is 162 Å². The number of anilines is 2. The number of carbonyl (C=O) groups excluding carboxylic acids is 2. The fourth-order valence-corrected chi connectivity index (χ4v) is 7.29. The first kappa shape index (κ1) is 40.3. The van der Waals surface area contributed by atoms with E-state index in [1.807, 2.05) is 48.5 Å². The van der Waals surface area contributed by atoms with E-state index < -0.39 is 12.2 Å². The predicted molar refractivity (Wildman–Crippen MR) is 219 cm³/mol. The molecule has 2 amide bonds. The molecule has 0 saturated carbocycles. The number of pyridine rings is 1. The summed E-state index contributed by atoms with van der Waals surface area (Å²) in [6, 6.07) is 25.1. The van der Waals surface area contributed by atoms with Crippen LogP contribution in [0.1, 0.15) is 48.5 Å². The lowest BCUT2D eigenvalue weighted by Crippen LogP contribution is -2.48. The number of aliphatic hydroxyl groups excluding tert-OH is 1. The van der Waals surface area contributed by atoms with Crippen molar-refractivity contribution in [1.82, 2.24) is 10.3 Å². The van der Waals surface area contributed by atoms with Gasteiger partial charge in [0.1, 0.15) is 17.6 Å². The van der Waals surface area contributed by atoms with Crippen LogP contribution in [0.2, 0.25) is 5.02 Å². The van der Waals surface area contributed by atoms with Gasteiger partial charge in [0.2, 0.25) is 11.5 Å². The number of benzene rings is 4. The van der Waals surface area contributed by atoms with Crippen molar-refractivity contribution < 1.29 is 33.8 Å². The number of hydrogen-bond acceptors (Lipinski definition) is 8. The number of aromatic amines is 1. The maximum atomic E-state index is 13.1. The summed E-state index contributed by atoms with van der Waals surface area (Å²) in [4.78, 5) is 40.5. The van der Waals surface area contributed by atoms with Crippen LogP contribution in [0.15, 0.2) is 89.7 Å². The third kappa shape index (κ3) is 10.3. The van der Waals surface area contributed by atoms with E-state index in [9.17, 15) is 24.6 Å². The van der Waals surface area contributed by atoms with Crippen LogP contribution in [0.4, 0.5) is 16.2 Å². The number of quaternary nitrogens is 1. The number of methoxy groups -OCH3 is 1. The molecule has 0 aliphatic carbocycles. The zero-order chi connectivity index (χ0) is 39.8. The molecule has 1 fully saturated rings. The van der Waals surface area contributed by atoms with Crippen LogP contribution in [-0.4, -0.2) is 78.6 Å². The van der Waals surface area contributed by atoms with Gasteiger partial charge in [-0.2, -0.15) is 0 Å². The van der Waals surface area contributed by atoms with Gasteiger partial charge in [0.05, 0.1) is 62.3 Å². The number of carbonyl (C=O) groups is 2. The second kappa shape index (κ2) is 18.0. The Morgan fingerprint density at radius 3 is 2.48 bits per heavy atom. The average Bonchev–Trinajstić information content (AvgIpc) is 3.17. The van der Waals surface area contributed by atoms with Crippen molar-refractivity contribution in [2.45, 2.75) is 50.9 Å². The zero-order valence-electron chi connectivity index (χ0n) is 31.9. The number of halogens is 1. The van der Waals surface area contributed by atoms with E-state index >= 15 is 0 Å². The molecule has 0 bridgehead atoms. The number of piperidine rings is 1. The van der Waals surface area contributed by atoms with Crippen LogP contribution in [0.5, 0.6) is 11.5 Å². The van der Waals surface area contributed by atoms with Crippen molar-refractivity contribution in [2.24, 2.45) is 0 Å². The molecular formula is C43H49ClN5O7+. The van der Waals surface area contributed by atoms with Gasteiger partial charge in [-0.15, -0.1) is 0 Å². The number of nitrogens with one attached hydrogen (secondary N) is 4. The van der Waals surface area contributed by atoms with E-state index in [0.717, 1.165) is 52.7 Å². The van der Waals surface area contributed by atoms with E-state index in [1.54, 1.807) is 24.3 Å². The quantitative estimate of drug-likeness (QED) is 0.0649. The highest BCUT2D eigenvalue weighted by Gasteiger charge is 2.28. The summed E-state index contributed by atoms with van der Waals surface area (Å²) in [6.45, 7) is 2.38. The number of rotatable bonds is 14. The number of hydrogen-bond donors (Lipinski definition) is 6. The molecule has 1 aromatic heterocycles. The number of nitrogens with zero attached hydrogens (tertiary/aromatic N) is 1. The molecule has 12 nitrogen and oxygen atoms in total. The minimum absolute atomic E-state index is 0.0812. The lowest BCUT2D eigenvalue weighted by Gasteiger charge is -2.36. The summed E-state index contributed by atoms with van der Waals surface area (Å²) < 4.78 is 12.4. The molecule has 1 aliphatic heterocycles. The van der Waals surface area contributed by atoms with Gasteiger partial charge in [-0.3, -0.25) is 14.9 Å². The Kier molecular flexibility index (Phi) is 13.0. The molecule has 5 aromatic rings. The van der Waals surface area contributed by atoms with Gasteiger partial charge in [-0.25, -0.2) is 4.79 Å². The number of ether oxygens (including phenoxy) is 2. The molecule has 1 aliphatic rings. The number of H-pyrrole nitrogens is 1. The number of aryl methyl sites for hydroxylation is 1. The Hall–Kier alpha value is -5.40. The minimum Gasteiger partial charge on any atom is -0.506 e. The molecular weight excluding hydrogens is 734 g/mol. The number of aromatic nitrogens is 1. The maximum Gasteiger partial charge on any atom is 0.411 e. The zero-order valence-corrected chi connectivity index (χ0v) is 32.6. The summed E-state index contributed by atoms with van der Waals surface area (Å²) in [6.07, 6.45) is 1.53. The smallest absolute Gasteiger partial charge is 0.411 e. The van der Waals surface area contributed by atoms with E-state index in [1.165, 1.54) is 19.2 Å². The highest BCUT2D eigenvalue weighted by atomic mass is 35.5. The number of aromatic hydroxyl groups is 1. The van der Waals surface area contributed by atoms with Crippen LogP contribution in [0.25, 0.3) is 22.0 Å². The number of phenols is 1. The molecule has 13 heteroatoms.